The number of piperidine rings is 3. The molecule has 2 amide bonds. The number of hydrogen-bond donors (Lipinski definition) is 3. The van der Waals surface area contributed by atoms with E-state index in [1.54, 1.807) is 6.20 Å². The van der Waals surface area contributed by atoms with E-state index in [1.807, 2.05) is 12.1 Å². The van der Waals surface area contributed by atoms with Gasteiger partial charge in [-0.2, -0.15) is 0 Å². The molecule has 3 fully saturated rings. The van der Waals surface area contributed by atoms with Gasteiger partial charge in [-0.1, -0.05) is 0 Å². The highest BCUT2D eigenvalue weighted by atomic mass is 35.5. The van der Waals surface area contributed by atoms with E-state index < -0.39 is 0 Å². The third-order valence-electron chi connectivity index (χ3n) is 6.24. The van der Waals surface area contributed by atoms with Crippen LogP contribution in [0.1, 0.15) is 38.5 Å². The van der Waals surface area contributed by atoms with Gasteiger partial charge in [0.15, 0.2) is 0 Å². The summed E-state index contributed by atoms with van der Waals surface area (Å²) in [7, 11) is 0. The van der Waals surface area contributed by atoms with E-state index in [2.05, 4.69) is 25.8 Å². The van der Waals surface area contributed by atoms with Crippen LogP contribution in [0.15, 0.2) is 18.3 Å². The first kappa shape index (κ1) is 20.9. The lowest BCUT2D eigenvalue weighted by molar-refractivity contribution is -0.133. The van der Waals surface area contributed by atoms with Crippen LogP contribution in [0, 0.1) is 11.8 Å². The van der Waals surface area contributed by atoms with E-state index >= 15 is 0 Å². The number of aromatic nitrogens is 1. The lowest BCUT2D eigenvalue weighted by Gasteiger charge is -2.38. The summed E-state index contributed by atoms with van der Waals surface area (Å²) in [6, 6.07) is 3.64. The van der Waals surface area contributed by atoms with Crippen LogP contribution in [-0.4, -0.2) is 49.0 Å². The molecule has 1 aromatic heterocycles. The summed E-state index contributed by atoms with van der Waals surface area (Å²) in [6.07, 6.45) is 7.84. The van der Waals surface area contributed by atoms with E-state index in [-0.39, 0.29) is 30.3 Å². The maximum absolute atomic E-state index is 11.9. The summed E-state index contributed by atoms with van der Waals surface area (Å²) in [5.74, 6) is 2.31. The molecule has 0 saturated carbocycles. The molecule has 3 aliphatic heterocycles. The minimum Gasteiger partial charge on any atom is -0.372 e. The van der Waals surface area contributed by atoms with Gasteiger partial charge in [-0.15, -0.1) is 12.4 Å². The van der Waals surface area contributed by atoms with Crippen molar-refractivity contribution in [1.29, 1.82) is 0 Å². The van der Waals surface area contributed by atoms with Gasteiger partial charge in [0, 0.05) is 19.5 Å². The predicted octanol–water partition coefficient (Wildman–Crippen LogP) is 1.94. The molecular formula is C20H30ClN5O2. The SMILES string of the molecule is Cl.O=C1CCC(Nc2ccc(N3CCC(C4CCNCC4)CC3)nc2)C(=O)N1. The lowest BCUT2D eigenvalue weighted by atomic mass is 9.79. The maximum atomic E-state index is 11.9. The molecular weight excluding hydrogens is 378 g/mol. The molecule has 1 aromatic rings. The number of anilines is 2. The summed E-state index contributed by atoms with van der Waals surface area (Å²) in [5.41, 5.74) is 0.817. The second-order valence-corrected chi connectivity index (χ2v) is 7.97. The smallest absolute Gasteiger partial charge is 0.249 e. The lowest BCUT2D eigenvalue weighted by Crippen LogP contribution is -2.47. The van der Waals surface area contributed by atoms with E-state index in [4.69, 9.17) is 0 Å². The Kier molecular flexibility index (Phi) is 7.13. The first-order valence-corrected chi connectivity index (χ1v) is 10.2. The number of nitrogens with one attached hydrogen (secondary N) is 3. The molecule has 0 aromatic carbocycles. The van der Waals surface area contributed by atoms with Crippen molar-refractivity contribution in [1.82, 2.24) is 15.6 Å². The Hall–Kier alpha value is -1.86. The Morgan fingerprint density at radius 1 is 1.00 bits per heavy atom. The number of imide groups is 1. The van der Waals surface area contributed by atoms with Gasteiger partial charge in [-0.3, -0.25) is 14.9 Å². The summed E-state index contributed by atoms with van der Waals surface area (Å²) in [4.78, 5) is 30.1. The fourth-order valence-corrected chi connectivity index (χ4v) is 4.61. The van der Waals surface area contributed by atoms with Gasteiger partial charge < -0.3 is 15.5 Å². The first-order chi connectivity index (χ1) is 13.2. The highest BCUT2D eigenvalue weighted by molar-refractivity contribution is 6.01. The molecule has 0 aliphatic carbocycles. The van der Waals surface area contributed by atoms with Crippen molar-refractivity contribution < 1.29 is 9.59 Å². The maximum Gasteiger partial charge on any atom is 0.249 e. The molecule has 28 heavy (non-hydrogen) atoms. The summed E-state index contributed by atoms with van der Waals surface area (Å²) in [5, 5.41) is 9.01. The van der Waals surface area contributed by atoms with Crippen LogP contribution in [0.2, 0.25) is 0 Å². The Morgan fingerprint density at radius 3 is 2.36 bits per heavy atom. The number of rotatable bonds is 4. The Labute approximate surface area is 172 Å². The van der Waals surface area contributed by atoms with E-state index in [9.17, 15) is 9.59 Å². The van der Waals surface area contributed by atoms with Gasteiger partial charge >= 0.3 is 0 Å². The Morgan fingerprint density at radius 2 is 1.71 bits per heavy atom. The highest BCUT2D eigenvalue weighted by Crippen LogP contribution is 2.32. The van der Waals surface area contributed by atoms with E-state index in [0.29, 0.717) is 12.8 Å². The predicted molar refractivity (Wildman–Crippen MR) is 112 cm³/mol. The third-order valence-corrected chi connectivity index (χ3v) is 6.24. The molecule has 1 atom stereocenters. The average Bonchev–Trinajstić information content (AvgIpc) is 2.71. The fraction of sp³-hybridized carbons (Fsp3) is 0.650. The molecule has 3 N–H and O–H groups in total. The van der Waals surface area contributed by atoms with Crippen LogP contribution >= 0.6 is 12.4 Å². The summed E-state index contributed by atoms with van der Waals surface area (Å²) < 4.78 is 0. The zero-order valence-electron chi connectivity index (χ0n) is 16.2. The molecule has 3 saturated heterocycles. The van der Waals surface area contributed by atoms with Crippen molar-refractivity contribution in [3.8, 4) is 0 Å². The summed E-state index contributed by atoms with van der Waals surface area (Å²) in [6.45, 7) is 4.49. The molecule has 8 heteroatoms. The van der Waals surface area contributed by atoms with Gasteiger partial charge in [-0.05, 0) is 69.2 Å². The van der Waals surface area contributed by atoms with Crippen LogP contribution < -0.4 is 20.9 Å². The van der Waals surface area contributed by atoms with Crippen molar-refractivity contribution in [2.24, 2.45) is 11.8 Å². The number of nitrogens with zero attached hydrogens (tertiary/aromatic N) is 2. The number of halogens is 1. The highest BCUT2D eigenvalue weighted by Gasteiger charge is 2.28. The number of carbonyl (C=O) groups is 2. The number of amides is 2. The zero-order chi connectivity index (χ0) is 18.6. The molecule has 7 nitrogen and oxygen atoms in total. The Balaban J connectivity index is 0.00000225. The molecule has 154 valence electrons. The molecule has 0 radical (unpaired) electrons. The Bertz CT molecular complexity index is 670. The molecule has 3 aliphatic rings. The van der Waals surface area contributed by atoms with Gasteiger partial charge in [0.1, 0.15) is 11.9 Å². The van der Waals surface area contributed by atoms with Gasteiger partial charge in [0.05, 0.1) is 11.9 Å². The van der Waals surface area contributed by atoms with E-state index in [0.717, 1.165) is 36.4 Å². The quantitative estimate of drug-likeness (QED) is 0.661. The molecule has 1 unspecified atom stereocenters. The minimum absolute atomic E-state index is 0. The molecule has 4 heterocycles. The van der Waals surface area contributed by atoms with Crippen molar-refractivity contribution >= 4 is 35.7 Å². The zero-order valence-corrected chi connectivity index (χ0v) is 17.0. The van der Waals surface area contributed by atoms with Crippen LogP contribution in [0.5, 0.6) is 0 Å². The van der Waals surface area contributed by atoms with Gasteiger partial charge in [-0.25, -0.2) is 4.98 Å². The second kappa shape index (κ2) is 9.56. The second-order valence-electron chi connectivity index (χ2n) is 7.97. The van der Waals surface area contributed by atoms with Crippen LogP contribution in [0.4, 0.5) is 11.5 Å². The van der Waals surface area contributed by atoms with Crippen LogP contribution in [0.25, 0.3) is 0 Å². The normalized spacial score (nSPS) is 24.4. The number of hydrogen-bond acceptors (Lipinski definition) is 6. The largest absolute Gasteiger partial charge is 0.372 e. The van der Waals surface area contributed by atoms with E-state index in [1.165, 1.54) is 38.8 Å². The van der Waals surface area contributed by atoms with Crippen LogP contribution in [0.3, 0.4) is 0 Å². The standard InChI is InChI=1S/C20H29N5O2.ClH/c26-19-4-2-17(20(27)24-19)23-16-1-3-18(22-13-16)25-11-7-15(8-12-25)14-5-9-21-10-6-14;/h1,3,13-15,17,21,23H,2,4-12H2,(H,24,26,27);1H. The average molecular weight is 408 g/mol. The van der Waals surface area contributed by atoms with Crippen LogP contribution in [-0.2, 0) is 9.59 Å². The molecule has 0 bridgehead atoms. The van der Waals surface area contributed by atoms with Crippen molar-refractivity contribution in [3.05, 3.63) is 18.3 Å². The fourth-order valence-electron chi connectivity index (χ4n) is 4.61. The summed E-state index contributed by atoms with van der Waals surface area (Å²) >= 11 is 0. The number of carbonyl (C=O) groups excluding carboxylic acids is 2. The first-order valence-electron chi connectivity index (χ1n) is 10.2. The van der Waals surface area contributed by atoms with Crippen molar-refractivity contribution in [2.45, 2.75) is 44.6 Å². The molecule has 4 rings (SSSR count). The topological polar surface area (TPSA) is 86.4 Å². The third kappa shape index (κ3) is 4.94. The van der Waals surface area contributed by atoms with Gasteiger partial charge in [0.2, 0.25) is 11.8 Å². The van der Waals surface area contributed by atoms with Gasteiger partial charge in [0.25, 0.3) is 0 Å². The van der Waals surface area contributed by atoms with Crippen molar-refractivity contribution in [2.75, 3.05) is 36.4 Å². The minimum atomic E-state index is -0.365. The number of pyridine rings is 1. The monoisotopic (exact) mass is 407 g/mol. The van der Waals surface area contributed by atoms with Crippen molar-refractivity contribution in [3.63, 3.8) is 0 Å². The molecule has 0 spiro atoms.